The minimum Gasteiger partial charge on any atom is -0.481 e. The summed E-state index contributed by atoms with van der Waals surface area (Å²) in [5.41, 5.74) is 0.929. The van der Waals surface area contributed by atoms with Gasteiger partial charge >= 0.3 is 0 Å². The van der Waals surface area contributed by atoms with Gasteiger partial charge in [-0.2, -0.15) is 0 Å². The summed E-state index contributed by atoms with van der Waals surface area (Å²) >= 11 is 12.3. The van der Waals surface area contributed by atoms with Crippen molar-refractivity contribution in [2.75, 3.05) is 0 Å². The second-order valence-corrected chi connectivity index (χ2v) is 5.53. The molecule has 0 N–H and O–H groups in total. The molecule has 6 heteroatoms. The van der Waals surface area contributed by atoms with Gasteiger partial charge in [0.15, 0.2) is 18.2 Å². The van der Waals surface area contributed by atoms with Crippen LogP contribution in [0.15, 0.2) is 22.6 Å². The molecule has 1 aliphatic heterocycles. The van der Waals surface area contributed by atoms with Gasteiger partial charge in [-0.3, -0.25) is 9.59 Å². The summed E-state index contributed by atoms with van der Waals surface area (Å²) in [6.07, 6.45) is 0.471. The highest BCUT2D eigenvalue weighted by molar-refractivity contribution is 6.45. The fourth-order valence-corrected chi connectivity index (χ4v) is 2.78. The van der Waals surface area contributed by atoms with Crippen LogP contribution in [-0.2, 0) is 11.2 Å². The van der Waals surface area contributed by atoms with E-state index < -0.39 is 6.10 Å². The average Bonchev–Trinajstić information content (AvgIpc) is 3.08. The Hall–Kier alpha value is -1.78. The first kappa shape index (κ1) is 14.2. The molecule has 2 aromatic rings. The van der Waals surface area contributed by atoms with Gasteiger partial charge in [-0.05, 0) is 25.1 Å². The van der Waals surface area contributed by atoms with Crippen molar-refractivity contribution in [1.29, 1.82) is 0 Å². The zero-order valence-electron chi connectivity index (χ0n) is 11.0. The average molecular weight is 325 g/mol. The van der Waals surface area contributed by atoms with E-state index in [1.807, 2.05) is 0 Å². The number of benzene rings is 1. The van der Waals surface area contributed by atoms with E-state index in [1.165, 1.54) is 0 Å². The molecule has 1 aliphatic rings. The van der Waals surface area contributed by atoms with Gasteiger partial charge in [-0.1, -0.05) is 23.2 Å². The van der Waals surface area contributed by atoms with Crippen molar-refractivity contribution < 1.29 is 18.7 Å². The minimum atomic E-state index is -0.593. The maximum Gasteiger partial charge on any atom is 0.229 e. The number of halogens is 2. The molecule has 1 aromatic heterocycles. The summed E-state index contributed by atoms with van der Waals surface area (Å²) in [5, 5.41) is 0.242. The molecule has 2 heterocycles. The summed E-state index contributed by atoms with van der Waals surface area (Å²) in [6.45, 7) is 1.75. The van der Waals surface area contributed by atoms with Crippen LogP contribution in [0.5, 0.6) is 5.75 Å². The van der Waals surface area contributed by atoms with Gasteiger partial charge < -0.3 is 9.15 Å². The van der Waals surface area contributed by atoms with Crippen LogP contribution in [0.25, 0.3) is 0 Å². The third kappa shape index (κ3) is 2.34. The molecule has 3 rings (SSSR count). The van der Waals surface area contributed by atoms with Crippen molar-refractivity contribution in [3.05, 3.63) is 50.9 Å². The Morgan fingerprint density at radius 3 is 2.71 bits per heavy atom. The lowest BCUT2D eigenvalue weighted by molar-refractivity contribution is -0.113. The summed E-state index contributed by atoms with van der Waals surface area (Å²) in [4.78, 5) is 23.3. The highest BCUT2D eigenvalue weighted by atomic mass is 35.5. The fourth-order valence-electron chi connectivity index (χ4n) is 2.28. The molecular weight excluding hydrogens is 315 g/mol. The maximum absolute atomic E-state index is 12.4. The van der Waals surface area contributed by atoms with E-state index >= 15 is 0 Å². The first-order chi connectivity index (χ1) is 10.0. The molecule has 0 spiro atoms. The molecule has 1 atom stereocenters. The normalized spacial score (nSPS) is 16.4. The summed E-state index contributed by atoms with van der Waals surface area (Å²) in [5.74, 6) is 0.834. The van der Waals surface area contributed by atoms with Crippen molar-refractivity contribution in [2.45, 2.75) is 19.4 Å². The van der Waals surface area contributed by atoms with E-state index in [0.29, 0.717) is 29.8 Å². The molecule has 0 bridgehead atoms. The quantitative estimate of drug-likeness (QED) is 0.639. The second-order valence-electron chi connectivity index (χ2n) is 4.78. The van der Waals surface area contributed by atoms with Crippen LogP contribution in [0.2, 0.25) is 10.0 Å². The molecule has 21 heavy (non-hydrogen) atoms. The van der Waals surface area contributed by atoms with Crippen LogP contribution in [0.4, 0.5) is 0 Å². The third-order valence-electron chi connectivity index (χ3n) is 3.29. The zero-order chi connectivity index (χ0) is 15.1. The van der Waals surface area contributed by atoms with E-state index in [4.69, 9.17) is 32.4 Å². The number of hydrogen-bond donors (Lipinski definition) is 0. The molecule has 0 saturated carbocycles. The summed E-state index contributed by atoms with van der Waals surface area (Å²) in [7, 11) is 0. The number of rotatable bonds is 3. The first-order valence-corrected chi connectivity index (χ1v) is 7.00. The molecule has 4 nitrogen and oxygen atoms in total. The van der Waals surface area contributed by atoms with Crippen LogP contribution in [0, 0.1) is 6.92 Å². The van der Waals surface area contributed by atoms with Gasteiger partial charge in [0.2, 0.25) is 5.78 Å². The lowest BCUT2D eigenvalue weighted by Crippen LogP contribution is -2.13. The predicted molar refractivity (Wildman–Crippen MR) is 77.5 cm³/mol. The largest absolute Gasteiger partial charge is 0.481 e. The number of aryl methyl sites for hydroxylation is 1. The van der Waals surface area contributed by atoms with Crippen molar-refractivity contribution in [2.24, 2.45) is 0 Å². The number of furan rings is 1. The first-order valence-electron chi connectivity index (χ1n) is 6.25. The van der Waals surface area contributed by atoms with Gasteiger partial charge in [-0.25, -0.2) is 0 Å². The van der Waals surface area contributed by atoms with E-state index in [9.17, 15) is 9.59 Å². The van der Waals surface area contributed by atoms with E-state index in [-0.39, 0.29) is 27.2 Å². The molecule has 108 valence electrons. The van der Waals surface area contributed by atoms with Gasteiger partial charge in [-0.15, -0.1) is 0 Å². The number of ketones is 1. The SMILES string of the molecule is Cc1ccc(C(=O)c2cc3c(c(Cl)c2Cl)OC(C=O)C3)o1. The number of fused-ring (bicyclic) bond motifs is 1. The zero-order valence-corrected chi connectivity index (χ0v) is 12.5. The highest BCUT2D eigenvalue weighted by Gasteiger charge is 2.30. The van der Waals surface area contributed by atoms with E-state index in [1.54, 1.807) is 25.1 Å². The van der Waals surface area contributed by atoms with E-state index in [2.05, 4.69) is 0 Å². The van der Waals surface area contributed by atoms with E-state index in [0.717, 1.165) is 0 Å². The Balaban J connectivity index is 2.07. The molecular formula is C15H10Cl2O4. The molecule has 0 saturated heterocycles. The van der Waals surface area contributed by atoms with Crippen molar-refractivity contribution in [3.63, 3.8) is 0 Å². The summed E-state index contributed by atoms with van der Waals surface area (Å²) in [6, 6.07) is 4.88. The predicted octanol–water partition coefficient (Wildman–Crippen LogP) is 3.63. The van der Waals surface area contributed by atoms with Gasteiger partial charge in [0.25, 0.3) is 0 Å². The van der Waals surface area contributed by atoms with Gasteiger partial charge in [0.1, 0.15) is 16.5 Å². The number of carbonyl (C=O) groups excluding carboxylic acids is 2. The van der Waals surface area contributed by atoms with Crippen LogP contribution in [0.3, 0.4) is 0 Å². The molecule has 0 fully saturated rings. The third-order valence-corrected chi connectivity index (χ3v) is 4.14. The Kier molecular flexibility index (Phi) is 3.51. The highest BCUT2D eigenvalue weighted by Crippen LogP contribution is 2.42. The number of carbonyl (C=O) groups is 2. The van der Waals surface area contributed by atoms with Crippen LogP contribution in [-0.4, -0.2) is 18.2 Å². The molecule has 1 unspecified atom stereocenters. The second kappa shape index (κ2) is 5.20. The Morgan fingerprint density at radius 2 is 2.10 bits per heavy atom. The smallest absolute Gasteiger partial charge is 0.229 e. The Morgan fingerprint density at radius 1 is 1.33 bits per heavy atom. The molecule has 1 aromatic carbocycles. The number of ether oxygens (including phenoxy) is 1. The molecule has 0 aliphatic carbocycles. The van der Waals surface area contributed by atoms with Crippen LogP contribution < -0.4 is 4.74 Å². The Labute approximate surface area is 130 Å². The Bertz CT molecular complexity index is 748. The van der Waals surface area contributed by atoms with Crippen molar-refractivity contribution in [1.82, 2.24) is 0 Å². The van der Waals surface area contributed by atoms with Gasteiger partial charge in [0.05, 0.1) is 5.02 Å². The standard InChI is InChI=1S/C15H10Cl2O4/c1-7-2-3-11(20-7)14(19)10-5-8-4-9(6-18)21-15(8)13(17)12(10)16/h2-3,5-6,9H,4H2,1H3. The van der Waals surface area contributed by atoms with Gasteiger partial charge in [0, 0.05) is 17.5 Å². The number of aldehydes is 1. The lowest BCUT2D eigenvalue weighted by Gasteiger charge is -2.08. The van der Waals surface area contributed by atoms with Crippen LogP contribution in [0.1, 0.15) is 27.4 Å². The minimum absolute atomic E-state index is 0.0982. The van der Waals surface area contributed by atoms with Crippen molar-refractivity contribution in [3.8, 4) is 5.75 Å². The maximum atomic E-state index is 12.4. The summed E-state index contributed by atoms with van der Waals surface area (Å²) < 4.78 is 10.7. The monoisotopic (exact) mass is 324 g/mol. The topological polar surface area (TPSA) is 56.5 Å². The molecule has 0 amide bonds. The molecule has 0 radical (unpaired) electrons. The van der Waals surface area contributed by atoms with Crippen LogP contribution >= 0.6 is 23.2 Å². The number of hydrogen-bond acceptors (Lipinski definition) is 4. The fraction of sp³-hybridized carbons (Fsp3) is 0.200. The van der Waals surface area contributed by atoms with Crippen molar-refractivity contribution >= 4 is 35.3 Å². The lowest BCUT2D eigenvalue weighted by atomic mass is 10.0.